The topological polar surface area (TPSA) is 42.0 Å². The minimum atomic E-state index is -0.380. The van der Waals surface area contributed by atoms with Crippen molar-refractivity contribution in [2.75, 3.05) is 0 Å². The number of halogens is 1. The van der Waals surface area contributed by atoms with Crippen LogP contribution in [0, 0.1) is 38.1 Å². The quantitative estimate of drug-likeness (QED) is 0.371. The lowest BCUT2D eigenvalue weighted by molar-refractivity contribution is 0.0959. The van der Waals surface area contributed by atoms with E-state index in [2.05, 4.69) is 22.1 Å². The fraction of sp³-hybridized carbons (Fsp3) is 0.107. The molecule has 3 nitrogen and oxygen atoms in total. The number of benzene rings is 3. The highest BCUT2D eigenvalue weighted by Gasteiger charge is 2.12. The number of hydrogen-bond acceptors (Lipinski definition) is 3. The maximum Gasteiger partial charge on any atom is 0.271 e. The molecule has 5 heteroatoms. The van der Waals surface area contributed by atoms with Gasteiger partial charge in [0.2, 0.25) is 0 Å². The van der Waals surface area contributed by atoms with E-state index in [1.165, 1.54) is 23.0 Å². The molecule has 33 heavy (non-hydrogen) atoms. The van der Waals surface area contributed by atoms with Gasteiger partial charge in [-0.15, -0.1) is 11.3 Å². The summed E-state index contributed by atoms with van der Waals surface area (Å²) in [5, 5.41) is 5.27. The second-order valence-electron chi connectivity index (χ2n) is 7.72. The summed E-state index contributed by atoms with van der Waals surface area (Å²) >= 11 is 1.43. The molecule has 4 rings (SSSR count). The Balaban J connectivity index is 1.32. The Morgan fingerprint density at radius 1 is 1.00 bits per heavy atom. The number of hydrogen-bond donors (Lipinski definition) is 1. The summed E-state index contributed by atoms with van der Waals surface area (Å²) in [6, 6.07) is 20.7. The van der Waals surface area contributed by atoms with E-state index in [4.69, 9.17) is 0 Å². The van der Waals surface area contributed by atoms with E-state index in [1.54, 1.807) is 18.0 Å². The van der Waals surface area contributed by atoms with Crippen molar-refractivity contribution in [3.63, 3.8) is 0 Å². The zero-order chi connectivity index (χ0) is 23.2. The van der Waals surface area contributed by atoms with Gasteiger partial charge in [-0.3, -0.25) is 4.79 Å². The maximum absolute atomic E-state index is 14.4. The molecular weight excluding hydrogens is 431 g/mol. The third kappa shape index (κ3) is 5.94. The number of carbonyl (C=O) groups is 1. The summed E-state index contributed by atoms with van der Waals surface area (Å²) < 4.78 is 14.4. The van der Waals surface area contributed by atoms with Crippen molar-refractivity contribution in [3.8, 4) is 22.4 Å². The molecule has 0 atom stereocenters. The van der Waals surface area contributed by atoms with Crippen molar-refractivity contribution in [3.05, 3.63) is 118 Å². The fourth-order valence-corrected chi connectivity index (χ4v) is 3.91. The Labute approximate surface area is 197 Å². The van der Waals surface area contributed by atoms with Gasteiger partial charge in [-0.05, 0) is 50.1 Å². The molecule has 0 aliphatic heterocycles. The first kappa shape index (κ1) is 22.4. The van der Waals surface area contributed by atoms with Gasteiger partial charge in [0.25, 0.3) is 5.91 Å². The van der Waals surface area contributed by atoms with Gasteiger partial charge in [0.05, 0.1) is 12.1 Å². The Morgan fingerprint density at radius 2 is 1.70 bits per heavy atom. The molecule has 1 N–H and O–H groups in total. The molecule has 1 amide bonds. The SMILES string of the molecule is Cc1ccc(C#Cc2ccc(C[CH]NC(=O)c3csc(-c4ccc(C)cc4)n3)cc2F)cc1. The third-order valence-corrected chi connectivity index (χ3v) is 5.92. The van der Waals surface area contributed by atoms with Crippen molar-refractivity contribution < 1.29 is 9.18 Å². The van der Waals surface area contributed by atoms with Crippen LogP contribution in [0.2, 0.25) is 0 Å². The van der Waals surface area contributed by atoms with Crippen LogP contribution < -0.4 is 5.32 Å². The van der Waals surface area contributed by atoms with Gasteiger partial charge < -0.3 is 5.32 Å². The van der Waals surface area contributed by atoms with Crippen molar-refractivity contribution in [1.29, 1.82) is 0 Å². The molecule has 0 saturated carbocycles. The molecule has 0 aliphatic carbocycles. The van der Waals surface area contributed by atoms with Gasteiger partial charge in [-0.25, -0.2) is 9.37 Å². The molecule has 0 bridgehead atoms. The largest absolute Gasteiger partial charge is 0.346 e. The van der Waals surface area contributed by atoms with Gasteiger partial charge in [0, 0.05) is 16.5 Å². The van der Waals surface area contributed by atoms with Crippen LogP contribution in [0.3, 0.4) is 0 Å². The molecule has 3 aromatic carbocycles. The van der Waals surface area contributed by atoms with Crippen LogP contribution in [0.25, 0.3) is 10.6 Å². The van der Waals surface area contributed by atoms with E-state index in [0.29, 0.717) is 17.7 Å². The summed E-state index contributed by atoms with van der Waals surface area (Å²) in [6.07, 6.45) is 0.392. The number of nitrogens with zero attached hydrogens (tertiary/aromatic N) is 1. The first-order chi connectivity index (χ1) is 16.0. The van der Waals surface area contributed by atoms with E-state index in [-0.39, 0.29) is 11.7 Å². The Morgan fingerprint density at radius 3 is 2.39 bits per heavy atom. The number of rotatable bonds is 5. The summed E-state index contributed by atoms with van der Waals surface area (Å²) in [6.45, 7) is 5.65. The van der Waals surface area contributed by atoms with Crippen LogP contribution in [0.15, 0.2) is 72.1 Å². The molecule has 1 heterocycles. The van der Waals surface area contributed by atoms with Crippen LogP contribution in [0.5, 0.6) is 0 Å². The molecule has 0 aliphatic rings. The maximum atomic E-state index is 14.4. The smallest absolute Gasteiger partial charge is 0.271 e. The van der Waals surface area contributed by atoms with Crippen LogP contribution in [0.4, 0.5) is 4.39 Å². The molecular formula is C28H22FN2OS. The highest BCUT2D eigenvalue weighted by Crippen LogP contribution is 2.24. The molecule has 0 unspecified atom stereocenters. The van der Waals surface area contributed by atoms with Gasteiger partial charge in [0.15, 0.2) is 0 Å². The molecule has 1 radical (unpaired) electrons. The summed E-state index contributed by atoms with van der Waals surface area (Å²) in [4.78, 5) is 16.8. The molecule has 1 aromatic heterocycles. The number of thiazole rings is 1. The van der Waals surface area contributed by atoms with Gasteiger partial charge in [0.1, 0.15) is 16.5 Å². The standard InChI is InChI=1S/C28H22FN2OS/c1-19-3-7-21(8-4-19)9-13-23-14-10-22(17-25(23)29)15-16-30-27(32)26-18-33-28(31-26)24-11-5-20(2)6-12-24/h3-8,10-12,14,16-18H,15H2,1-2H3,(H,30,32). The van der Waals surface area contributed by atoms with E-state index >= 15 is 0 Å². The lowest BCUT2D eigenvalue weighted by atomic mass is 10.1. The fourth-order valence-electron chi connectivity index (χ4n) is 3.11. The predicted octanol–water partition coefficient (Wildman–Crippen LogP) is 6.10. The van der Waals surface area contributed by atoms with Crippen LogP contribution in [-0.2, 0) is 6.42 Å². The van der Waals surface area contributed by atoms with E-state index in [0.717, 1.165) is 27.3 Å². The molecule has 163 valence electrons. The number of amides is 1. The second-order valence-corrected chi connectivity index (χ2v) is 8.57. The molecule has 0 spiro atoms. The Kier molecular flexibility index (Phi) is 6.97. The lowest BCUT2D eigenvalue weighted by Crippen LogP contribution is -2.21. The van der Waals surface area contributed by atoms with E-state index < -0.39 is 0 Å². The summed E-state index contributed by atoms with van der Waals surface area (Å²) in [5.74, 6) is 5.19. The number of aryl methyl sites for hydroxylation is 2. The second kappa shape index (κ2) is 10.2. The summed E-state index contributed by atoms with van der Waals surface area (Å²) in [7, 11) is 0. The van der Waals surface area contributed by atoms with Crippen LogP contribution in [0.1, 0.15) is 38.3 Å². The van der Waals surface area contributed by atoms with Crippen molar-refractivity contribution in [2.45, 2.75) is 20.3 Å². The summed E-state index contributed by atoms with van der Waals surface area (Å²) in [5.41, 5.74) is 5.59. The monoisotopic (exact) mass is 453 g/mol. The molecule has 4 aromatic rings. The first-order valence-electron chi connectivity index (χ1n) is 10.5. The zero-order valence-corrected chi connectivity index (χ0v) is 19.2. The first-order valence-corrected chi connectivity index (χ1v) is 11.4. The number of nitrogens with one attached hydrogen (secondary N) is 1. The van der Waals surface area contributed by atoms with Crippen LogP contribution in [-0.4, -0.2) is 10.9 Å². The van der Waals surface area contributed by atoms with Crippen LogP contribution >= 0.6 is 11.3 Å². The highest BCUT2D eigenvalue weighted by molar-refractivity contribution is 7.13. The number of aromatic nitrogens is 1. The van der Waals surface area contributed by atoms with Crippen molar-refractivity contribution in [2.24, 2.45) is 0 Å². The average Bonchev–Trinajstić information content (AvgIpc) is 3.30. The van der Waals surface area contributed by atoms with Crippen molar-refractivity contribution >= 4 is 17.2 Å². The predicted molar refractivity (Wildman–Crippen MR) is 131 cm³/mol. The Hall–Kier alpha value is -3.75. The van der Waals surface area contributed by atoms with E-state index in [1.807, 2.05) is 68.4 Å². The minimum absolute atomic E-state index is 0.286. The van der Waals surface area contributed by atoms with Crippen molar-refractivity contribution in [1.82, 2.24) is 10.3 Å². The van der Waals surface area contributed by atoms with E-state index in [9.17, 15) is 9.18 Å². The Bertz CT molecular complexity index is 1330. The molecule has 0 saturated heterocycles. The third-order valence-electron chi connectivity index (χ3n) is 5.03. The number of carbonyl (C=O) groups excluding carboxylic acids is 1. The lowest BCUT2D eigenvalue weighted by Gasteiger charge is -2.04. The minimum Gasteiger partial charge on any atom is -0.346 e. The van der Waals surface area contributed by atoms with Gasteiger partial charge >= 0.3 is 0 Å². The molecule has 0 fully saturated rings. The highest BCUT2D eigenvalue weighted by atomic mass is 32.1. The zero-order valence-electron chi connectivity index (χ0n) is 18.4. The normalized spacial score (nSPS) is 10.4. The van der Waals surface area contributed by atoms with Gasteiger partial charge in [-0.1, -0.05) is 65.4 Å². The average molecular weight is 454 g/mol. The van der Waals surface area contributed by atoms with Gasteiger partial charge in [-0.2, -0.15) is 0 Å².